The van der Waals surface area contributed by atoms with E-state index in [1.165, 1.54) is 25.3 Å². The quantitative estimate of drug-likeness (QED) is 0.170. The van der Waals surface area contributed by atoms with Crippen molar-refractivity contribution in [2.75, 3.05) is 20.3 Å². The average Bonchev–Trinajstić information content (AvgIpc) is 2.92. The highest BCUT2D eigenvalue weighted by molar-refractivity contribution is 5.94. The fraction of sp³-hybridized carbons (Fsp3) is 0.480. The van der Waals surface area contributed by atoms with E-state index in [1.807, 2.05) is 0 Å². The smallest absolute Gasteiger partial charge is 0.229 e. The van der Waals surface area contributed by atoms with Crippen LogP contribution < -0.4 is 14.9 Å². The van der Waals surface area contributed by atoms with Crippen LogP contribution in [0.3, 0.4) is 0 Å². The molecule has 14 nitrogen and oxygen atoms in total. The number of aromatic hydroxyl groups is 1. The fourth-order valence-electron chi connectivity index (χ4n) is 4.51. The number of ether oxygens (including phenoxy) is 5. The molecule has 9 atom stereocenters. The number of rotatable bonds is 6. The molecular weight excluding hydrogens is 524 g/mol. The van der Waals surface area contributed by atoms with Gasteiger partial charge in [-0.05, 0) is 18.2 Å². The summed E-state index contributed by atoms with van der Waals surface area (Å²) in [7, 11) is 1.45. The van der Waals surface area contributed by atoms with E-state index in [1.54, 1.807) is 6.07 Å². The number of phenolic OH excluding ortho intramolecular Hbond substituents is 1. The van der Waals surface area contributed by atoms with Crippen LogP contribution >= 0.6 is 0 Å². The molecule has 1 aromatic heterocycles. The summed E-state index contributed by atoms with van der Waals surface area (Å²) in [6, 6.07) is 6.99. The van der Waals surface area contributed by atoms with E-state index in [4.69, 9.17) is 28.1 Å². The zero-order valence-corrected chi connectivity index (χ0v) is 20.5. The molecule has 14 heteroatoms. The van der Waals surface area contributed by atoms with Gasteiger partial charge < -0.3 is 63.8 Å². The molecule has 0 radical (unpaired) electrons. The fourth-order valence-corrected chi connectivity index (χ4v) is 4.51. The number of hydrogen-bond donors (Lipinski definition) is 7. The Morgan fingerprint density at radius 2 is 1.62 bits per heavy atom. The Balaban J connectivity index is 1.36. The topological polar surface area (TPSA) is 218 Å². The van der Waals surface area contributed by atoms with Crippen LogP contribution in [0.15, 0.2) is 39.5 Å². The molecule has 7 N–H and O–H groups in total. The average molecular weight is 552 g/mol. The lowest BCUT2D eigenvalue weighted by Crippen LogP contribution is -2.61. The van der Waals surface area contributed by atoms with Gasteiger partial charge >= 0.3 is 0 Å². The minimum absolute atomic E-state index is 0.0254. The van der Waals surface area contributed by atoms with Gasteiger partial charge in [-0.15, -0.1) is 0 Å². The van der Waals surface area contributed by atoms with Crippen LogP contribution in [0, 0.1) is 0 Å². The predicted molar refractivity (Wildman–Crippen MR) is 129 cm³/mol. The van der Waals surface area contributed by atoms with E-state index in [-0.39, 0.29) is 34.3 Å². The van der Waals surface area contributed by atoms with Gasteiger partial charge in [0.1, 0.15) is 76.5 Å². The molecule has 5 rings (SSSR count). The number of aliphatic hydroxyl groups is 6. The molecule has 0 saturated carbocycles. The summed E-state index contributed by atoms with van der Waals surface area (Å²) in [4.78, 5) is 13.0. The Hall–Kier alpha value is -3.05. The van der Waals surface area contributed by atoms with E-state index in [0.29, 0.717) is 5.75 Å². The Morgan fingerprint density at radius 3 is 2.36 bits per heavy atom. The van der Waals surface area contributed by atoms with E-state index in [9.17, 15) is 40.5 Å². The second kappa shape index (κ2) is 10.8. The highest BCUT2D eigenvalue weighted by Gasteiger charge is 2.46. The number of hydrogen-bond acceptors (Lipinski definition) is 14. The minimum Gasteiger partial charge on any atom is -0.507 e. The van der Waals surface area contributed by atoms with Crippen LogP contribution in [-0.4, -0.2) is 111 Å². The maximum Gasteiger partial charge on any atom is 0.229 e. The van der Waals surface area contributed by atoms with Crippen LogP contribution in [-0.2, 0) is 14.2 Å². The first-order chi connectivity index (χ1) is 18.6. The van der Waals surface area contributed by atoms with Crippen molar-refractivity contribution in [2.45, 2.75) is 55.3 Å². The van der Waals surface area contributed by atoms with Gasteiger partial charge in [0.05, 0.1) is 25.7 Å². The third-order valence-electron chi connectivity index (χ3n) is 6.73. The SMILES string of the molecule is COc1ccc2oc3cc(O[C@@H]4O[C@H](CO[C@@H]5OC[C@@H](O)[C@H](O)[C@H]5O)[C@@H](O)[C@H](O)[C@H]4O)cc(O)c3c(=O)c2c1. The van der Waals surface area contributed by atoms with E-state index in [2.05, 4.69) is 0 Å². The first-order valence-corrected chi connectivity index (χ1v) is 12.0. The molecule has 2 aliphatic heterocycles. The van der Waals surface area contributed by atoms with Crippen LogP contribution in [0.5, 0.6) is 17.2 Å². The lowest BCUT2D eigenvalue weighted by molar-refractivity contribution is -0.307. The van der Waals surface area contributed by atoms with Gasteiger partial charge in [-0.2, -0.15) is 0 Å². The predicted octanol–water partition coefficient (Wildman–Crippen LogP) is -1.70. The molecule has 2 aromatic carbocycles. The van der Waals surface area contributed by atoms with Gasteiger partial charge in [0, 0.05) is 12.1 Å². The zero-order chi connectivity index (χ0) is 28.0. The van der Waals surface area contributed by atoms with E-state index < -0.39 is 73.1 Å². The van der Waals surface area contributed by atoms with Gasteiger partial charge in [0.2, 0.25) is 11.7 Å². The maximum absolute atomic E-state index is 13.0. The van der Waals surface area contributed by atoms with Crippen LogP contribution in [0.4, 0.5) is 0 Å². The number of fused-ring (bicyclic) bond motifs is 2. The molecule has 2 fully saturated rings. The lowest BCUT2D eigenvalue weighted by atomic mass is 9.99. The first-order valence-electron chi connectivity index (χ1n) is 12.0. The monoisotopic (exact) mass is 552 g/mol. The summed E-state index contributed by atoms with van der Waals surface area (Å²) in [6.07, 6.45) is -13.8. The molecule has 0 spiro atoms. The molecule has 0 amide bonds. The van der Waals surface area contributed by atoms with Crippen LogP contribution in [0.25, 0.3) is 21.9 Å². The minimum atomic E-state index is -1.74. The molecule has 3 aromatic rings. The van der Waals surface area contributed by atoms with Crippen molar-refractivity contribution in [3.63, 3.8) is 0 Å². The first kappa shape index (κ1) is 27.5. The maximum atomic E-state index is 13.0. The summed E-state index contributed by atoms with van der Waals surface area (Å²) in [6.45, 7) is -0.781. The van der Waals surface area contributed by atoms with Gasteiger partial charge in [0.25, 0.3) is 0 Å². The Labute approximate surface area is 219 Å². The molecule has 39 heavy (non-hydrogen) atoms. The highest BCUT2D eigenvalue weighted by Crippen LogP contribution is 2.33. The van der Waals surface area contributed by atoms with Crippen LogP contribution in [0.2, 0.25) is 0 Å². The zero-order valence-electron chi connectivity index (χ0n) is 20.5. The standard InChI is InChI=1S/C25H28O14/c1-34-9-2-3-14-11(4-9)18(28)17-12(26)5-10(6-15(17)38-14)37-25-23(33)21(31)20(30)16(39-25)8-36-24-22(32)19(29)13(27)7-35-24/h2-6,13,16,19-27,29-33H,7-8H2,1H3/t13-,16-,19+,20-,21+,22-,23-,24+,25-/m1/s1. The van der Waals surface area contributed by atoms with Gasteiger partial charge in [-0.3, -0.25) is 4.79 Å². The van der Waals surface area contributed by atoms with Crippen molar-refractivity contribution < 1.29 is 63.8 Å². The van der Waals surface area contributed by atoms with E-state index >= 15 is 0 Å². The molecular formula is C25H28O14. The van der Waals surface area contributed by atoms with Crippen molar-refractivity contribution in [3.05, 3.63) is 40.6 Å². The van der Waals surface area contributed by atoms with Crippen molar-refractivity contribution in [1.82, 2.24) is 0 Å². The van der Waals surface area contributed by atoms with Crippen molar-refractivity contribution in [2.24, 2.45) is 0 Å². The summed E-state index contributed by atoms with van der Waals surface area (Å²) in [5, 5.41) is 71.2. The Bertz CT molecular complexity index is 1390. The third-order valence-corrected chi connectivity index (χ3v) is 6.73. The van der Waals surface area contributed by atoms with Crippen molar-refractivity contribution in [1.29, 1.82) is 0 Å². The summed E-state index contributed by atoms with van der Waals surface area (Å²) >= 11 is 0. The third kappa shape index (κ3) is 5.14. The second-order valence-corrected chi connectivity index (χ2v) is 9.32. The Kier molecular flexibility index (Phi) is 7.65. The largest absolute Gasteiger partial charge is 0.507 e. The number of methoxy groups -OCH3 is 1. The molecule has 3 heterocycles. The molecule has 2 saturated heterocycles. The molecule has 212 valence electrons. The number of aliphatic hydroxyl groups excluding tert-OH is 6. The second-order valence-electron chi connectivity index (χ2n) is 9.32. The van der Waals surface area contributed by atoms with Crippen molar-refractivity contribution in [3.8, 4) is 17.2 Å². The highest BCUT2D eigenvalue weighted by atomic mass is 16.7. The number of phenols is 1. The van der Waals surface area contributed by atoms with Gasteiger partial charge in [-0.1, -0.05) is 0 Å². The van der Waals surface area contributed by atoms with E-state index in [0.717, 1.165) is 6.07 Å². The van der Waals surface area contributed by atoms with Crippen LogP contribution in [0.1, 0.15) is 0 Å². The molecule has 0 aliphatic carbocycles. The normalized spacial score (nSPS) is 33.4. The molecule has 0 unspecified atom stereocenters. The number of benzene rings is 2. The summed E-state index contributed by atoms with van der Waals surface area (Å²) in [5.74, 6) is -0.142. The molecule has 0 bridgehead atoms. The Morgan fingerprint density at radius 1 is 0.872 bits per heavy atom. The lowest BCUT2D eigenvalue weighted by Gasteiger charge is -2.41. The van der Waals surface area contributed by atoms with Gasteiger partial charge in [0.15, 0.2) is 6.29 Å². The summed E-state index contributed by atoms with van der Waals surface area (Å²) < 4.78 is 32.7. The molecule has 2 aliphatic rings. The summed E-state index contributed by atoms with van der Waals surface area (Å²) in [5.41, 5.74) is -0.314. The van der Waals surface area contributed by atoms with Crippen molar-refractivity contribution >= 4 is 21.9 Å². The van der Waals surface area contributed by atoms with Gasteiger partial charge in [-0.25, -0.2) is 0 Å².